The summed E-state index contributed by atoms with van der Waals surface area (Å²) in [6.07, 6.45) is 3.93. The maximum atomic E-state index is 12.2. The molecule has 0 bridgehead atoms. The number of carbonyl (C=O) groups is 1. The minimum Gasteiger partial charge on any atom is -0.340 e. The summed E-state index contributed by atoms with van der Waals surface area (Å²) in [5, 5.41) is 7.78. The van der Waals surface area contributed by atoms with Crippen LogP contribution in [0.1, 0.15) is 18.5 Å². The number of nitrogens with two attached hydrogens (primary N) is 1. The fraction of sp³-hybridized carbons (Fsp3) is 0.750. The summed E-state index contributed by atoms with van der Waals surface area (Å²) in [5.41, 5.74) is 6.17. The lowest BCUT2D eigenvalue weighted by molar-refractivity contribution is -0.133. The first kappa shape index (κ1) is 14.0. The van der Waals surface area contributed by atoms with Crippen molar-refractivity contribution in [3.05, 3.63) is 11.9 Å². The van der Waals surface area contributed by atoms with E-state index in [0.29, 0.717) is 18.3 Å². The van der Waals surface area contributed by atoms with Gasteiger partial charge < -0.3 is 15.5 Å². The highest BCUT2D eigenvalue weighted by molar-refractivity contribution is 5.76. The Kier molecular flexibility index (Phi) is 4.49. The van der Waals surface area contributed by atoms with E-state index >= 15 is 0 Å². The van der Waals surface area contributed by atoms with Gasteiger partial charge in [-0.25, -0.2) is 4.68 Å². The van der Waals surface area contributed by atoms with Crippen LogP contribution in [0, 0.1) is 0 Å². The summed E-state index contributed by atoms with van der Waals surface area (Å²) < 4.78 is 1.55. The number of nitrogens with zero attached hydrogens (tertiary/aromatic N) is 5. The fourth-order valence-corrected chi connectivity index (χ4v) is 2.42. The number of rotatable bonds is 4. The summed E-state index contributed by atoms with van der Waals surface area (Å²) in [4.78, 5) is 16.3. The topological polar surface area (TPSA) is 80.3 Å². The Bertz CT molecular complexity index is 432. The predicted molar refractivity (Wildman–Crippen MR) is 71.2 cm³/mol. The zero-order chi connectivity index (χ0) is 13.8. The van der Waals surface area contributed by atoms with Gasteiger partial charge in [0.2, 0.25) is 5.91 Å². The van der Waals surface area contributed by atoms with E-state index in [4.69, 9.17) is 5.73 Å². The third kappa shape index (κ3) is 3.51. The molecule has 106 valence electrons. The Morgan fingerprint density at radius 2 is 2.42 bits per heavy atom. The van der Waals surface area contributed by atoms with Crippen molar-refractivity contribution in [2.75, 3.05) is 27.2 Å². The van der Waals surface area contributed by atoms with E-state index in [0.717, 1.165) is 25.9 Å². The molecule has 1 aliphatic rings. The number of likely N-dealkylation sites (tertiary alicyclic amines) is 1. The molecule has 0 aliphatic carbocycles. The van der Waals surface area contributed by atoms with Gasteiger partial charge in [-0.3, -0.25) is 4.79 Å². The van der Waals surface area contributed by atoms with Gasteiger partial charge in [-0.05, 0) is 26.4 Å². The molecule has 0 saturated carbocycles. The molecular formula is C12H22N6O. The predicted octanol–water partition coefficient (Wildman–Crippen LogP) is -0.711. The van der Waals surface area contributed by atoms with Gasteiger partial charge >= 0.3 is 0 Å². The van der Waals surface area contributed by atoms with Gasteiger partial charge in [0.1, 0.15) is 6.54 Å². The van der Waals surface area contributed by atoms with Crippen molar-refractivity contribution in [3.8, 4) is 0 Å². The van der Waals surface area contributed by atoms with Gasteiger partial charge in [0, 0.05) is 26.2 Å². The SMILES string of the molecule is CN1CCCC(N(C)C(=O)Cn2cc(CN)nn2)C1. The summed E-state index contributed by atoms with van der Waals surface area (Å²) in [7, 11) is 3.96. The second-order valence-corrected chi connectivity index (χ2v) is 5.17. The Balaban J connectivity index is 1.91. The van der Waals surface area contributed by atoms with Gasteiger partial charge in [0.15, 0.2) is 0 Å². The van der Waals surface area contributed by atoms with E-state index in [9.17, 15) is 4.79 Å². The normalized spacial score (nSPS) is 20.5. The average Bonchev–Trinajstić information content (AvgIpc) is 2.85. The zero-order valence-corrected chi connectivity index (χ0v) is 11.6. The molecule has 1 atom stereocenters. The van der Waals surface area contributed by atoms with Gasteiger partial charge in [0.25, 0.3) is 0 Å². The van der Waals surface area contributed by atoms with Gasteiger partial charge in [0.05, 0.1) is 11.9 Å². The highest BCUT2D eigenvalue weighted by atomic mass is 16.2. The molecule has 19 heavy (non-hydrogen) atoms. The van der Waals surface area contributed by atoms with E-state index in [2.05, 4.69) is 22.3 Å². The molecule has 1 amide bonds. The van der Waals surface area contributed by atoms with Gasteiger partial charge in [-0.15, -0.1) is 5.10 Å². The van der Waals surface area contributed by atoms with Crippen LogP contribution in [0.3, 0.4) is 0 Å². The standard InChI is InChI=1S/C12H22N6O/c1-16-5-3-4-11(8-16)17(2)12(19)9-18-7-10(6-13)14-15-18/h7,11H,3-6,8-9,13H2,1-2H3. The molecule has 7 heteroatoms. The molecular weight excluding hydrogens is 244 g/mol. The second-order valence-electron chi connectivity index (χ2n) is 5.17. The minimum atomic E-state index is 0.0637. The van der Waals surface area contributed by atoms with Crippen LogP contribution in [0.15, 0.2) is 6.20 Å². The highest BCUT2D eigenvalue weighted by Gasteiger charge is 2.24. The van der Waals surface area contributed by atoms with E-state index < -0.39 is 0 Å². The van der Waals surface area contributed by atoms with Crippen LogP contribution in [0.2, 0.25) is 0 Å². The van der Waals surface area contributed by atoms with E-state index in [1.165, 1.54) is 0 Å². The minimum absolute atomic E-state index is 0.0637. The zero-order valence-electron chi connectivity index (χ0n) is 11.6. The summed E-state index contributed by atoms with van der Waals surface area (Å²) in [6, 6.07) is 0.295. The van der Waals surface area contributed by atoms with E-state index in [-0.39, 0.29) is 12.5 Å². The summed E-state index contributed by atoms with van der Waals surface area (Å²) in [5.74, 6) is 0.0637. The first-order valence-corrected chi connectivity index (χ1v) is 6.63. The molecule has 1 aliphatic heterocycles. The van der Waals surface area contributed by atoms with Gasteiger partial charge in [-0.2, -0.15) is 0 Å². The molecule has 1 aromatic rings. The van der Waals surface area contributed by atoms with Crippen molar-refractivity contribution in [1.29, 1.82) is 0 Å². The van der Waals surface area contributed by atoms with Crippen LogP contribution in [-0.4, -0.2) is 63.9 Å². The fourth-order valence-electron chi connectivity index (χ4n) is 2.42. The number of amides is 1. The van der Waals surface area contributed by atoms with E-state index in [1.54, 1.807) is 10.9 Å². The van der Waals surface area contributed by atoms with Crippen LogP contribution in [0.25, 0.3) is 0 Å². The molecule has 2 N–H and O–H groups in total. The maximum absolute atomic E-state index is 12.2. The Labute approximate surface area is 113 Å². The molecule has 1 unspecified atom stereocenters. The lowest BCUT2D eigenvalue weighted by Crippen LogP contribution is -2.48. The smallest absolute Gasteiger partial charge is 0.244 e. The molecule has 2 heterocycles. The number of likely N-dealkylation sites (N-methyl/N-ethyl adjacent to an activating group) is 2. The number of hydrogen-bond donors (Lipinski definition) is 1. The van der Waals surface area contributed by atoms with E-state index in [1.807, 2.05) is 11.9 Å². The molecule has 2 rings (SSSR count). The third-order valence-electron chi connectivity index (χ3n) is 3.63. The first-order valence-electron chi connectivity index (χ1n) is 6.63. The largest absolute Gasteiger partial charge is 0.340 e. The van der Waals surface area contributed by atoms with Crippen LogP contribution in [0.4, 0.5) is 0 Å². The summed E-state index contributed by atoms with van der Waals surface area (Å²) in [6.45, 7) is 2.62. The van der Waals surface area contributed by atoms with Crippen molar-refractivity contribution in [1.82, 2.24) is 24.8 Å². The van der Waals surface area contributed by atoms with Crippen molar-refractivity contribution >= 4 is 5.91 Å². The number of piperidine rings is 1. The van der Waals surface area contributed by atoms with Crippen molar-refractivity contribution < 1.29 is 4.79 Å². The Morgan fingerprint density at radius 3 is 3.05 bits per heavy atom. The van der Waals surface area contributed by atoms with Crippen LogP contribution in [0.5, 0.6) is 0 Å². The summed E-state index contributed by atoms with van der Waals surface area (Å²) >= 11 is 0. The average molecular weight is 266 g/mol. The molecule has 0 spiro atoms. The molecule has 7 nitrogen and oxygen atoms in total. The lowest BCUT2D eigenvalue weighted by atomic mass is 10.1. The van der Waals surface area contributed by atoms with Crippen LogP contribution in [-0.2, 0) is 17.9 Å². The van der Waals surface area contributed by atoms with Crippen LogP contribution < -0.4 is 5.73 Å². The van der Waals surface area contributed by atoms with Crippen molar-refractivity contribution in [2.24, 2.45) is 5.73 Å². The number of aromatic nitrogens is 3. The van der Waals surface area contributed by atoms with Gasteiger partial charge in [-0.1, -0.05) is 5.21 Å². The number of hydrogen-bond acceptors (Lipinski definition) is 5. The first-order chi connectivity index (χ1) is 9.10. The Hall–Kier alpha value is -1.47. The Morgan fingerprint density at radius 1 is 1.63 bits per heavy atom. The molecule has 0 aromatic carbocycles. The van der Waals surface area contributed by atoms with Crippen molar-refractivity contribution in [3.63, 3.8) is 0 Å². The van der Waals surface area contributed by atoms with Crippen molar-refractivity contribution in [2.45, 2.75) is 32.0 Å². The third-order valence-corrected chi connectivity index (χ3v) is 3.63. The second kappa shape index (κ2) is 6.12. The molecule has 0 radical (unpaired) electrons. The lowest BCUT2D eigenvalue weighted by Gasteiger charge is -2.35. The van der Waals surface area contributed by atoms with Crippen LogP contribution >= 0.6 is 0 Å². The molecule has 1 saturated heterocycles. The monoisotopic (exact) mass is 266 g/mol. The highest BCUT2D eigenvalue weighted by Crippen LogP contribution is 2.13. The number of carbonyl (C=O) groups excluding carboxylic acids is 1. The maximum Gasteiger partial charge on any atom is 0.244 e. The quantitative estimate of drug-likeness (QED) is 0.778. The molecule has 1 fully saturated rings. The molecule has 1 aromatic heterocycles.